The summed E-state index contributed by atoms with van der Waals surface area (Å²) in [5, 5.41) is 2.44. The predicted octanol–water partition coefficient (Wildman–Crippen LogP) is 3.59. The first kappa shape index (κ1) is 10.6. The third kappa shape index (κ3) is 2.04. The Balaban J connectivity index is 2.41. The van der Waals surface area contributed by atoms with E-state index in [0.717, 1.165) is 4.88 Å². The van der Waals surface area contributed by atoms with Crippen molar-refractivity contribution in [2.24, 2.45) is 5.73 Å². The monoisotopic (exact) mass is 241 g/mol. The Bertz CT molecular complexity index is 469. The van der Waals surface area contributed by atoms with Gasteiger partial charge in [0.2, 0.25) is 0 Å². The average molecular weight is 242 g/mol. The molecule has 4 heteroatoms. The summed E-state index contributed by atoms with van der Waals surface area (Å²) in [6, 6.07) is 7.76. The molecule has 2 N–H and O–H groups in total. The van der Waals surface area contributed by atoms with E-state index in [1.807, 2.05) is 5.38 Å². The molecule has 1 atom stereocenters. The summed E-state index contributed by atoms with van der Waals surface area (Å²) in [6.07, 6.45) is 0. The van der Waals surface area contributed by atoms with Crippen LogP contribution in [0.15, 0.2) is 35.7 Å². The molecule has 2 aromatic rings. The lowest BCUT2D eigenvalue weighted by Gasteiger charge is -2.11. The molecule has 0 fully saturated rings. The third-order valence-electron chi connectivity index (χ3n) is 2.17. The molecule has 0 saturated heterocycles. The summed E-state index contributed by atoms with van der Waals surface area (Å²) in [7, 11) is 0. The molecule has 1 aromatic carbocycles. The lowest BCUT2D eigenvalue weighted by Crippen LogP contribution is -2.12. The van der Waals surface area contributed by atoms with E-state index in [1.54, 1.807) is 24.3 Å². The van der Waals surface area contributed by atoms with E-state index in [-0.39, 0.29) is 5.82 Å². The maximum absolute atomic E-state index is 13.4. The van der Waals surface area contributed by atoms with Crippen molar-refractivity contribution in [3.8, 4) is 0 Å². The van der Waals surface area contributed by atoms with Gasteiger partial charge in [0, 0.05) is 10.4 Å². The Labute approximate surface area is 96.3 Å². The van der Waals surface area contributed by atoms with Crippen LogP contribution in [0.5, 0.6) is 0 Å². The maximum Gasteiger partial charge on any atom is 0.128 e. The molecule has 0 aliphatic carbocycles. The highest BCUT2D eigenvalue weighted by Gasteiger charge is 2.16. The van der Waals surface area contributed by atoms with Gasteiger partial charge in [-0.1, -0.05) is 29.8 Å². The smallest absolute Gasteiger partial charge is 0.128 e. The topological polar surface area (TPSA) is 26.0 Å². The van der Waals surface area contributed by atoms with Gasteiger partial charge in [-0.2, -0.15) is 0 Å². The van der Waals surface area contributed by atoms with E-state index in [9.17, 15) is 4.39 Å². The second kappa shape index (κ2) is 4.31. The van der Waals surface area contributed by atoms with Gasteiger partial charge in [-0.15, -0.1) is 11.3 Å². The van der Waals surface area contributed by atoms with Gasteiger partial charge < -0.3 is 5.73 Å². The summed E-state index contributed by atoms with van der Waals surface area (Å²) in [5.41, 5.74) is 6.42. The molecule has 0 radical (unpaired) electrons. The molecule has 0 amide bonds. The molecular weight excluding hydrogens is 233 g/mol. The molecule has 0 aliphatic rings. The molecule has 1 heterocycles. The number of hydrogen-bond donors (Lipinski definition) is 1. The fourth-order valence-electron chi connectivity index (χ4n) is 1.40. The summed E-state index contributed by atoms with van der Waals surface area (Å²) < 4.78 is 13.4. The Hall–Kier alpha value is -0.900. The fourth-order valence-corrected chi connectivity index (χ4v) is 2.59. The largest absolute Gasteiger partial charge is 0.319 e. The SMILES string of the molecule is NC(c1ccccc1F)c1sccc1Cl. The molecule has 0 saturated carbocycles. The van der Waals surface area contributed by atoms with Gasteiger partial charge in [0.15, 0.2) is 0 Å². The third-order valence-corrected chi connectivity index (χ3v) is 3.61. The van der Waals surface area contributed by atoms with Crippen molar-refractivity contribution in [2.45, 2.75) is 6.04 Å². The minimum Gasteiger partial charge on any atom is -0.319 e. The van der Waals surface area contributed by atoms with Gasteiger partial charge in [-0.25, -0.2) is 4.39 Å². The zero-order valence-corrected chi connectivity index (χ0v) is 9.36. The lowest BCUT2D eigenvalue weighted by molar-refractivity contribution is 0.601. The van der Waals surface area contributed by atoms with Crippen molar-refractivity contribution in [2.75, 3.05) is 0 Å². The molecule has 1 nitrogen and oxygen atoms in total. The van der Waals surface area contributed by atoms with Crippen LogP contribution in [0.1, 0.15) is 16.5 Å². The molecule has 0 aliphatic heterocycles. The number of thiophene rings is 1. The van der Waals surface area contributed by atoms with Crippen molar-refractivity contribution in [1.82, 2.24) is 0 Å². The molecule has 2 rings (SSSR count). The second-order valence-electron chi connectivity index (χ2n) is 3.13. The summed E-state index contributed by atoms with van der Waals surface area (Å²) >= 11 is 7.38. The predicted molar refractivity (Wildman–Crippen MR) is 61.8 cm³/mol. The number of rotatable bonds is 2. The fraction of sp³-hybridized carbons (Fsp3) is 0.0909. The van der Waals surface area contributed by atoms with E-state index in [1.165, 1.54) is 17.4 Å². The van der Waals surface area contributed by atoms with E-state index in [2.05, 4.69) is 0 Å². The van der Waals surface area contributed by atoms with E-state index < -0.39 is 6.04 Å². The molecular formula is C11H9ClFNS. The summed E-state index contributed by atoms with van der Waals surface area (Å²) in [4.78, 5) is 0.793. The second-order valence-corrected chi connectivity index (χ2v) is 4.49. The Kier molecular flexibility index (Phi) is 3.05. The number of benzene rings is 1. The summed E-state index contributed by atoms with van der Waals surface area (Å²) in [6.45, 7) is 0. The van der Waals surface area contributed by atoms with Gasteiger partial charge in [0.1, 0.15) is 5.82 Å². The van der Waals surface area contributed by atoms with Crippen molar-refractivity contribution < 1.29 is 4.39 Å². The van der Waals surface area contributed by atoms with Crippen molar-refractivity contribution in [1.29, 1.82) is 0 Å². The first-order chi connectivity index (χ1) is 7.20. The van der Waals surface area contributed by atoms with Crippen LogP contribution >= 0.6 is 22.9 Å². The van der Waals surface area contributed by atoms with Crippen LogP contribution in [0, 0.1) is 5.82 Å². The van der Waals surface area contributed by atoms with Crippen LogP contribution in [-0.2, 0) is 0 Å². The van der Waals surface area contributed by atoms with Gasteiger partial charge in [-0.05, 0) is 17.5 Å². The zero-order chi connectivity index (χ0) is 10.8. The first-order valence-electron chi connectivity index (χ1n) is 4.43. The lowest BCUT2D eigenvalue weighted by atomic mass is 10.1. The quantitative estimate of drug-likeness (QED) is 0.855. The van der Waals surface area contributed by atoms with Gasteiger partial charge in [0.25, 0.3) is 0 Å². The maximum atomic E-state index is 13.4. The minimum atomic E-state index is -0.487. The first-order valence-corrected chi connectivity index (χ1v) is 5.69. The zero-order valence-electron chi connectivity index (χ0n) is 7.78. The molecule has 1 unspecified atom stereocenters. The highest BCUT2D eigenvalue weighted by Crippen LogP contribution is 2.31. The Morgan fingerprint density at radius 2 is 2.00 bits per heavy atom. The average Bonchev–Trinajstić information content (AvgIpc) is 2.64. The van der Waals surface area contributed by atoms with Crippen molar-refractivity contribution in [3.05, 3.63) is 57.0 Å². The van der Waals surface area contributed by atoms with Crippen molar-refractivity contribution >= 4 is 22.9 Å². The number of halogens is 2. The van der Waals surface area contributed by atoms with Crippen LogP contribution < -0.4 is 5.73 Å². The standard InChI is InChI=1S/C11H9ClFNS/c12-8-5-6-15-11(8)10(14)7-3-1-2-4-9(7)13/h1-6,10H,14H2. The van der Waals surface area contributed by atoms with Gasteiger partial charge >= 0.3 is 0 Å². The summed E-state index contributed by atoms with van der Waals surface area (Å²) in [5.74, 6) is -0.297. The van der Waals surface area contributed by atoms with Crippen molar-refractivity contribution in [3.63, 3.8) is 0 Å². The van der Waals surface area contributed by atoms with E-state index >= 15 is 0 Å². The molecule has 78 valence electrons. The van der Waals surface area contributed by atoms with E-state index in [4.69, 9.17) is 17.3 Å². The van der Waals surface area contributed by atoms with Crippen LogP contribution in [-0.4, -0.2) is 0 Å². The van der Waals surface area contributed by atoms with Gasteiger partial charge in [0.05, 0.1) is 11.1 Å². The number of hydrogen-bond acceptors (Lipinski definition) is 2. The molecule has 0 spiro atoms. The normalized spacial score (nSPS) is 12.7. The number of nitrogens with two attached hydrogens (primary N) is 1. The minimum absolute atomic E-state index is 0.297. The Morgan fingerprint density at radius 1 is 1.27 bits per heavy atom. The molecule has 15 heavy (non-hydrogen) atoms. The molecule has 0 bridgehead atoms. The molecule has 1 aromatic heterocycles. The highest BCUT2D eigenvalue weighted by atomic mass is 35.5. The van der Waals surface area contributed by atoms with E-state index in [0.29, 0.717) is 10.6 Å². The van der Waals surface area contributed by atoms with Crippen LogP contribution in [0.2, 0.25) is 5.02 Å². The van der Waals surface area contributed by atoms with Gasteiger partial charge in [-0.3, -0.25) is 0 Å². The van der Waals surface area contributed by atoms with Crippen LogP contribution in [0.3, 0.4) is 0 Å². The van der Waals surface area contributed by atoms with Crippen LogP contribution in [0.4, 0.5) is 4.39 Å². The van der Waals surface area contributed by atoms with Crippen LogP contribution in [0.25, 0.3) is 0 Å². The Morgan fingerprint density at radius 3 is 2.60 bits per heavy atom. The highest BCUT2D eigenvalue weighted by molar-refractivity contribution is 7.10.